The largest absolute Gasteiger partial charge is 0.380 e. The van der Waals surface area contributed by atoms with Crippen molar-refractivity contribution < 1.29 is 14.3 Å². The van der Waals surface area contributed by atoms with Crippen LogP contribution in [-0.2, 0) is 14.3 Å². The summed E-state index contributed by atoms with van der Waals surface area (Å²) in [6.07, 6.45) is 0.920. The summed E-state index contributed by atoms with van der Waals surface area (Å²) in [5.41, 5.74) is -0.288. The zero-order valence-corrected chi connectivity index (χ0v) is 8.50. The van der Waals surface area contributed by atoms with E-state index in [9.17, 15) is 9.59 Å². The van der Waals surface area contributed by atoms with Crippen molar-refractivity contribution in [3.05, 3.63) is 0 Å². The molecule has 2 fully saturated rings. The van der Waals surface area contributed by atoms with Gasteiger partial charge in [-0.1, -0.05) is 0 Å². The van der Waals surface area contributed by atoms with Gasteiger partial charge in [0, 0.05) is 5.92 Å². The predicted octanol–water partition coefficient (Wildman–Crippen LogP) is 0.117. The van der Waals surface area contributed by atoms with Crippen LogP contribution in [0.5, 0.6) is 0 Å². The SMILES string of the molecule is CC(=O)C(C)NC(=O)C12COCC1C2. The van der Waals surface area contributed by atoms with E-state index in [4.69, 9.17) is 4.74 Å². The van der Waals surface area contributed by atoms with Crippen molar-refractivity contribution in [2.24, 2.45) is 11.3 Å². The number of ether oxygens (including phenoxy) is 1. The lowest BCUT2D eigenvalue weighted by Crippen LogP contribution is -2.42. The Bertz CT molecular complexity index is 289. The molecular weight excluding hydrogens is 182 g/mol. The number of hydrogen-bond donors (Lipinski definition) is 1. The first-order valence-electron chi connectivity index (χ1n) is 4.95. The monoisotopic (exact) mass is 197 g/mol. The van der Waals surface area contributed by atoms with Crippen LogP contribution in [0.2, 0.25) is 0 Å². The minimum absolute atomic E-state index is 0.00846. The van der Waals surface area contributed by atoms with Crippen LogP contribution in [0.1, 0.15) is 20.3 Å². The van der Waals surface area contributed by atoms with Gasteiger partial charge in [0.05, 0.1) is 24.7 Å². The Kier molecular flexibility index (Phi) is 2.10. The van der Waals surface area contributed by atoms with E-state index in [0.29, 0.717) is 19.1 Å². The number of Topliss-reactive ketones (excluding diaryl/α,β-unsaturated/α-hetero) is 1. The van der Waals surface area contributed by atoms with Gasteiger partial charge in [0.2, 0.25) is 5.91 Å². The predicted molar refractivity (Wildman–Crippen MR) is 49.6 cm³/mol. The molecule has 0 radical (unpaired) electrons. The molecule has 78 valence electrons. The van der Waals surface area contributed by atoms with Crippen LogP contribution in [0.3, 0.4) is 0 Å². The number of nitrogens with one attached hydrogen (secondary N) is 1. The molecule has 3 atom stereocenters. The van der Waals surface area contributed by atoms with E-state index in [2.05, 4.69) is 5.32 Å². The molecule has 1 aliphatic carbocycles. The summed E-state index contributed by atoms with van der Waals surface area (Å²) in [6.45, 7) is 4.41. The third kappa shape index (κ3) is 1.34. The number of carbonyl (C=O) groups is 2. The highest BCUT2D eigenvalue weighted by atomic mass is 16.5. The van der Waals surface area contributed by atoms with E-state index in [1.807, 2.05) is 0 Å². The number of fused-ring (bicyclic) bond motifs is 1. The lowest BCUT2D eigenvalue weighted by Gasteiger charge is -2.15. The highest BCUT2D eigenvalue weighted by Crippen LogP contribution is 2.56. The van der Waals surface area contributed by atoms with Crippen molar-refractivity contribution in [1.29, 1.82) is 0 Å². The van der Waals surface area contributed by atoms with Crippen LogP contribution in [0, 0.1) is 11.3 Å². The highest BCUT2D eigenvalue weighted by Gasteiger charge is 2.63. The second-order valence-electron chi connectivity index (χ2n) is 4.38. The minimum atomic E-state index is -0.376. The zero-order chi connectivity index (χ0) is 10.3. The molecule has 1 aliphatic heterocycles. The van der Waals surface area contributed by atoms with Crippen molar-refractivity contribution in [1.82, 2.24) is 5.32 Å². The second-order valence-corrected chi connectivity index (χ2v) is 4.38. The zero-order valence-electron chi connectivity index (χ0n) is 8.50. The Morgan fingerprint density at radius 2 is 2.29 bits per heavy atom. The molecule has 2 rings (SSSR count). The summed E-state index contributed by atoms with van der Waals surface area (Å²) in [4.78, 5) is 22.7. The van der Waals surface area contributed by atoms with E-state index in [-0.39, 0.29) is 23.1 Å². The van der Waals surface area contributed by atoms with Gasteiger partial charge in [-0.3, -0.25) is 9.59 Å². The molecule has 14 heavy (non-hydrogen) atoms. The van der Waals surface area contributed by atoms with Crippen LogP contribution < -0.4 is 5.32 Å². The van der Waals surface area contributed by atoms with Crippen LogP contribution in [0.15, 0.2) is 0 Å². The summed E-state index contributed by atoms with van der Waals surface area (Å²) in [7, 11) is 0. The van der Waals surface area contributed by atoms with Crippen molar-refractivity contribution >= 4 is 11.7 Å². The van der Waals surface area contributed by atoms with Gasteiger partial charge in [0.15, 0.2) is 5.78 Å². The van der Waals surface area contributed by atoms with Crippen molar-refractivity contribution in [2.45, 2.75) is 26.3 Å². The van der Waals surface area contributed by atoms with Crippen LogP contribution in [0.25, 0.3) is 0 Å². The molecule has 0 aromatic rings. The summed E-state index contributed by atoms with van der Waals surface area (Å²) in [5, 5.41) is 2.73. The van der Waals surface area contributed by atoms with Gasteiger partial charge in [0.25, 0.3) is 0 Å². The number of ketones is 1. The molecule has 1 saturated carbocycles. The molecule has 0 aromatic heterocycles. The van der Waals surface area contributed by atoms with E-state index >= 15 is 0 Å². The lowest BCUT2D eigenvalue weighted by molar-refractivity contribution is -0.130. The fraction of sp³-hybridized carbons (Fsp3) is 0.800. The Morgan fingerprint density at radius 1 is 1.57 bits per heavy atom. The quantitative estimate of drug-likeness (QED) is 0.699. The molecule has 2 aliphatic rings. The molecule has 0 bridgehead atoms. The first kappa shape index (κ1) is 9.65. The third-order valence-corrected chi connectivity index (χ3v) is 3.32. The van der Waals surface area contributed by atoms with Crippen LogP contribution in [0.4, 0.5) is 0 Å². The van der Waals surface area contributed by atoms with E-state index in [1.54, 1.807) is 6.92 Å². The van der Waals surface area contributed by atoms with Crippen molar-refractivity contribution in [3.63, 3.8) is 0 Å². The molecular formula is C10H15NO3. The standard InChI is InChI=1S/C10H15NO3/c1-6(7(2)12)11-9(13)10-3-8(10)4-14-5-10/h6,8H,3-5H2,1-2H3,(H,11,13). The smallest absolute Gasteiger partial charge is 0.229 e. The molecule has 1 heterocycles. The Balaban J connectivity index is 1.94. The third-order valence-electron chi connectivity index (χ3n) is 3.32. The maximum Gasteiger partial charge on any atom is 0.229 e. The maximum absolute atomic E-state index is 11.8. The Hall–Kier alpha value is -0.900. The van der Waals surface area contributed by atoms with Crippen LogP contribution >= 0.6 is 0 Å². The van der Waals surface area contributed by atoms with Gasteiger partial charge in [-0.05, 0) is 20.3 Å². The molecule has 3 unspecified atom stereocenters. The van der Waals surface area contributed by atoms with E-state index < -0.39 is 0 Å². The molecule has 4 nitrogen and oxygen atoms in total. The van der Waals surface area contributed by atoms with Gasteiger partial charge in [-0.25, -0.2) is 0 Å². The molecule has 0 spiro atoms. The molecule has 0 aromatic carbocycles. The Morgan fingerprint density at radius 3 is 2.71 bits per heavy atom. The number of hydrogen-bond acceptors (Lipinski definition) is 3. The first-order valence-corrected chi connectivity index (χ1v) is 4.95. The summed E-state index contributed by atoms with van der Waals surface area (Å²) >= 11 is 0. The fourth-order valence-corrected chi connectivity index (χ4v) is 1.94. The summed E-state index contributed by atoms with van der Waals surface area (Å²) in [6, 6.07) is -0.376. The van der Waals surface area contributed by atoms with Gasteiger partial charge in [-0.2, -0.15) is 0 Å². The lowest BCUT2D eigenvalue weighted by atomic mass is 10.1. The van der Waals surface area contributed by atoms with Gasteiger partial charge < -0.3 is 10.1 Å². The average Bonchev–Trinajstić information content (AvgIpc) is 2.70. The normalized spacial score (nSPS) is 36.0. The molecule has 1 saturated heterocycles. The Labute approximate surface area is 83.0 Å². The fourth-order valence-electron chi connectivity index (χ4n) is 1.94. The maximum atomic E-state index is 11.8. The number of carbonyl (C=O) groups excluding carboxylic acids is 2. The van der Waals surface area contributed by atoms with Crippen LogP contribution in [-0.4, -0.2) is 30.9 Å². The van der Waals surface area contributed by atoms with E-state index in [1.165, 1.54) is 6.92 Å². The van der Waals surface area contributed by atoms with Gasteiger partial charge >= 0.3 is 0 Å². The second kappa shape index (κ2) is 3.05. The molecule has 1 amide bonds. The minimum Gasteiger partial charge on any atom is -0.380 e. The average molecular weight is 197 g/mol. The molecule has 4 heteroatoms. The highest BCUT2D eigenvalue weighted by molar-refractivity contribution is 5.91. The van der Waals surface area contributed by atoms with Crippen molar-refractivity contribution in [3.8, 4) is 0 Å². The number of amides is 1. The van der Waals surface area contributed by atoms with Gasteiger partial charge in [-0.15, -0.1) is 0 Å². The first-order chi connectivity index (χ1) is 6.56. The topological polar surface area (TPSA) is 55.4 Å². The molecule has 1 N–H and O–H groups in total. The number of rotatable bonds is 3. The summed E-state index contributed by atoms with van der Waals surface area (Å²) in [5.74, 6) is 0.371. The van der Waals surface area contributed by atoms with Gasteiger partial charge in [0.1, 0.15) is 0 Å². The summed E-state index contributed by atoms with van der Waals surface area (Å²) < 4.78 is 5.23. The van der Waals surface area contributed by atoms with Crippen molar-refractivity contribution in [2.75, 3.05) is 13.2 Å². The van der Waals surface area contributed by atoms with E-state index in [0.717, 1.165) is 6.42 Å².